The zero-order valence-electron chi connectivity index (χ0n) is 14.4. The maximum atomic E-state index is 12.3. The Morgan fingerprint density at radius 1 is 1.40 bits per heavy atom. The van der Waals surface area contributed by atoms with E-state index in [1.54, 1.807) is 0 Å². The zero-order valence-corrected chi connectivity index (χ0v) is 15.3. The van der Waals surface area contributed by atoms with Crippen LogP contribution < -0.4 is 5.32 Å². The lowest BCUT2D eigenvalue weighted by atomic mass is 10.2. The van der Waals surface area contributed by atoms with Crippen molar-refractivity contribution in [3.05, 3.63) is 47.7 Å². The van der Waals surface area contributed by atoms with Crippen molar-refractivity contribution >= 4 is 23.6 Å². The fourth-order valence-corrected chi connectivity index (χ4v) is 2.59. The van der Waals surface area contributed by atoms with E-state index in [4.69, 9.17) is 0 Å². The first kappa shape index (κ1) is 20.6. The molecule has 25 heavy (non-hydrogen) atoms. The largest absolute Gasteiger partial charge is 0.480 e. The predicted octanol–water partition coefficient (Wildman–Crippen LogP) is 2.24. The Balaban J connectivity index is 2.82. The standard InChI is InChI=1S/C18H23N3O3S/c1-3-21(12-14-7-5-4-6-8-14)13-15(11-19)17(22)20-16(18(23)24)9-10-25-2/h4-8,13,16H,3,9-10,12H2,1-2H3,(H,20,22)(H,23,24)/b15-13-. The van der Waals surface area contributed by atoms with Crippen LogP contribution in [0, 0.1) is 11.3 Å². The number of aliphatic carboxylic acids is 1. The van der Waals surface area contributed by atoms with E-state index in [0.717, 1.165) is 5.56 Å². The van der Waals surface area contributed by atoms with Crippen molar-refractivity contribution < 1.29 is 14.7 Å². The molecule has 0 aliphatic rings. The maximum Gasteiger partial charge on any atom is 0.326 e. The van der Waals surface area contributed by atoms with Crippen molar-refractivity contribution in [3.8, 4) is 6.07 Å². The van der Waals surface area contributed by atoms with E-state index in [1.165, 1.54) is 18.0 Å². The van der Waals surface area contributed by atoms with Crippen LogP contribution in [-0.2, 0) is 16.1 Å². The summed E-state index contributed by atoms with van der Waals surface area (Å²) in [5.74, 6) is -1.16. The Morgan fingerprint density at radius 2 is 2.08 bits per heavy atom. The molecular formula is C18H23N3O3S. The van der Waals surface area contributed by atoms with Gasteiger partial charge in [-0.15, -0.1) is 0 Å². The van der Waals surface area contributed by atoms with Crippen LogP contribution >= 0.6 is 11.8 Å². The maximum absolute atomic E-state index is 12.3. The molecule has 6 nitrogen and oxygen atoms in total. The molecule has 7 heteroatoms. The average molecular weight is 361 g/mol. The molecule has 1 aromatic carbocycles. The van der Waals surface area contributed by atoms with Gasteiger partial charge in [0.25, 0.3) is 5.91 Å². The molecule has 1 amide bonds. The number of nitriles is 1. The highest BCUT2D eigenvalue weighted by Gasteiger charge is 2.21. The molecule has 2 N–H and O–H groups in total. The summed E-state index contributed by atoms with van der Waals surface area (Å²) in [6, 6.07) is 10.6. The van der Waals surface area contributed by atoms with E-state index in [2.05, 4.69) is 5.32 Å². The number of thioether (sulfide) groups is 1. The molecule has 0 saturated carbocycles. The van der Waals surface area contributed by atoms with Gasteiger partial charge in [-0.2, -0.15) is 17.0 Å². The molecule has 0 fully saturated rings. The molecule has 0 heterocycles. The second kappa shape index (κ2) is 11.2. The summed E-state index contributed by atoms with van der Waals surface area (Å²) >= 11 is 1.50. The Kier molecular flexibility index (Phi) is 9.19. The molecule has 0 aromatic heterocycles. The lowest BCUT2D eigenvalue weighted by molar-refractivity contribution is -0.141. The second-order valence-corrected chi connectivity index (χ2v) is 6.33. The number of benzene rings is 1. The Labute approximate surface area is 152 Å². The van der Waals surface area contributed by atoms with Crippen molar-refractivity contribution in [2.24, 2.45) is 0 Å². The summed E-state index contributed by atoms with van der Waals surface area (Å²) in [4.78, 5) is 25.3. The predicted molar refractivity (Wildman–Crippen MR) is 98.8 cm³/mol. The summed E-state index contributed by atoms with van der Waals surface area (Å²) < 4.78 is 0. The molecule has 0 aliphatic heterocycles. The van der Waals surface area contributed by atoms with Gasteiger partial charge in [-0.1, -0.05) is 30.3 Å². The van der Waals surface area contributed by atoms with Gasteiger partial charge in [0.1, 0.15) is 17.7 Å². The van der Waals surface area contributed by atoms with Crippen LogP contribution in [0.25, 0.3) is 0 Å². The molecule has 0 radical (unpaired) electrons. The Bertz CT molecular complexity index is 641. The van der Waals surface area contributed by atoms with Gasteiger partial charge in [-0.3, -0.25) is 4.79 Å². The van der Waals surface area contributed by atoms with Crippen molar-refractivity contribution in [3.63, 3.8) is 0 Å². The van der Waals surface area contributed by atoms with Crippen LogP contribution in [-0.4, -0.2) is 46.5 Å². The Morgan fingerprint density at radius 3 is 2.60 bits per heavy atom. The molecule has 1 aromatic rings. The number of nitrogens with zero attached hydrogens (tertiary/aromatic N) is 2. The number of hydrogen-bond acceptors (Lipinski definition) is 5. The van der Waals surface area contributed by atoms with E-state index >= 15 is 0 Å². The van der Waals surface area contributed by atoms with Gasteiger partial charge in [-0.25, -0.2) is 4.79 Å². The third kappa shape index (κ3) is 7.31. The lowest BCUT2D eigenvalue weighted by Gasteiger charge is -2.19. The molecule has 1 atom stereocenters. The van der Waals surface area contributed by atoms with Crippen molar-refractivity contribution in [1.29, 1.82) is 5.26 Å². The molecule has 0 spiro atoms. The van der Waals surface area contributed by atoms with E-state index < -0.39 is 17.9 Å². The summed E-state index contributed by atoms with van der Waals surface area (Å²) in [6.07, 6.45) is 3.66. The molecule has 0 bridgehead atoms. The summed E-state index contributed by atoms with van der Waals surface area (Å²) in [5, 5.41) is 20.9. The van der Waals surface area contributed by atoms with Crippen LogP contribution in [0.5, 0.6) is 0 Å². The minimum absolute atomic E-state index is 0.104. The van der Waals surface area contributed by atoms with Gasteiger partial charge in [0, 0.05) is 19.3 Å². The minimum Gasteiger partial charge on any atom is -0.480 e. The van der Waals surface area contributed by atoms with Crippen molar-refractivity contribution in [2.75, 3.05) is 18.6 Å². The zero-order chi connectivity index (χ0) is 18.7. The van der Waals surface area contributed by atoms with Crippen LogP contribution in [0.3, 0.4) is 0 Å². The SMILES string of the molecule is CCN(/C=C(/C#N)C(=O)NC(CCSC)C(=O)O)Cc1ccccc1. The number of carboxylic acid groups (broad SMARTS) is 1. The van der Waals surface area contributed by atoms with E-state index in [-0.39, 0.29) is 5.57 Å². The quantitative estimate of drug-likeness (QED) is 0.490. The molecular weight excluding hydrogens is 338 g/mol. The molecule has 1 rings (SSSR count). The molecule has 1 unspecified atom stereocenters. The number of carbonyl (C=O) groups excluding carboxylic acids is 1. The first-order valence-corrected chi connectivity index (χ1v) is 9.33. The van der Waals surface area contributed by atoms with Gasteiger partial charge in [-0.05, 0) is 30.9 Å². The third-order valence-electron chi connectivity index (χ3n) is 3.53. The minimum atomic E-state index is -1.10. The highest BCUT2D eigenvalue weighted by Crippen LogP contribution is 2.08. The van der Waals surface area contributed by atoms with Gasteiger partial charge in [0.2, 0.25) is 0 Å². The van der Waals surface area contributed by atoms with Crippen molar-refractivity contribution in [2.45, 2.75) is 25.9 Å². The number of nitrogens with one attached hydrogen (secondary N) is 1. The normalized spacial score (nSPS) is 12.1. The van der Waals surface area contributed by atoms with Crippen LogP contribution in [0.4, 0.5) is 0 Å². The first-order chi connectivity index (χ1) is 12.0. The van der Waals surface area contributed by atoms with Crippen LogP contribution in [0.1, 0.15) is 18.9 Å². The summed E-state index contributed by atoms with van der Waals surface area (Å²) in [5.41, 5.74) is 0.954. The third-order valence-corrected chi connectivity index (χ3v) is 4.17. The molecule has 134 valence electrons. The number of hydrogen-bond donors (Lipinski definition) is 2. The Hall–Kier alpha value is -2.46. The topological polar surface area (TPSA) is 93.4 Å². The van der Waals surface area contributed by atoms with E-state index in [9.17, 15) is 20.0 Å². The van der Waals surface area contributed by atoms with Gasteiger partial charge in [0.05, 0.1) is 0 Å². The number of carbonyl (C=O) groups is 2. The van der Waals surface area contributed by atoms with Crippen LogP contribution in [0.15, 0.2) is 42.1 Å². The van der Waals surface area contributed by atoms with E-state index in [1.807, 2.05) is 54.5 Å². The number of amides is 1. The average Bonchev–Trinajstić information content (AvgIpc) is 2.62. The molecule has 0 saturated heterocycles. The summed E-state index contributed by atoms with van der Waals surface area (Å²) in [6.45, 7) is 3.09. The highest BCUT2D eigenvalue weighted by atomic mass is 32.2. The fraction of sp³-hybridized carbons (Fsp3) is 0.389. The fourth-order valence-electron chi connectivity index (χ4n) is 2.12. The smallest absolute Gasteiger partial charge is 0.326 e. The van der Waals surface area contributed by atoms with Gasteiger partial charge < -0.3 is 15.3 Å². The van der Waals surface area contributed by atoms with Gasteiger partial charge in [0.15, 0.2) is 0 Å². The van der Waals surface area contributed by atoms with Gasteiger partial charge >= 0.3 is 5.97 Å². The number of rotatable bonds is 10. The first-order valence-electron chi connectivity index (χ1n) is 7.94. The number of carboxylic acids is 1. The van der Waals surface area contributed by atoms with E-state index in [0.29, 0.717) is 25.3 Å². The van der Waals surface area contributed by atoms with Crippen molar-refractivity contribution in [1.82, 2.24) is 10.2 Å². The highest BCUT2D eigenvalue weighted by molar-refractivity contribution is 7.98. The molecule has 0 aliphatic carbocycles. The lowest BCUT2D eigenvalue weighted by Crippen LogP contribution is -2.42. The summed E-state index contributed by atoms with van der Waals surface area (Å²) in [7, 11) is 0. The monoisotopic (exact) mass is 361 g/mol. The second-order valence-electron chi connectivity index (χ2n) is 5.35. The van der Waals surface area contributed by atoms with Crippen LogP contribution in [0.2, 0.25) is 0 Å².